The van der Waals surface area contributed by atoms with Crippen LogP contribution in [0, 0.1) is 0 Å². The van der Waals surface area contributed by atoms with Crippen LogP contribution in [0.15, 0.2) is 31.9 Å². The number of nitrogens with two attached hydrogens (primary N) is 1. The molecular weight excluding hydrogens is 394 g/mol. The minimum absolute atomic E-state index is 0.0884. The Labute approximate surface area is 131 Å². The predicted octanol–water partition coefficient (Wildman–Crippen LogP) is 0.988. The van der Waals surface area contributed by atoms with Crippen LogP contribution in [-0.4, -0.2) is 29.3 Å². The molecule has 0 unspecified atom stereocenters. The first-order valence-electron chi connectivity index (χ1n) is 5.65. The summed E-state index contributed by atoms with van der Waals surface area (Å²) in [4.78, 5) is 29.8. The van der Waals surface area contributed by atoms with E-state index in [9.17, 15) is 9.59 Å². The van der Waals surface area contributed by atoms with Gasteiger partial charge in [0, 0.05) is 12.7 Å². The summed E-state index contributed by atoms with van der Waals surface area (Å²) in [7, 11) is 0. The molecule has 0 fully saturated rings. The maximum absolute atomic E-state index is 11.9. The van der Waals surface area contributed by atoms with E-state index in [1.165, 1.54) is 0 Å². The molecule has 1 aromatic rings. The Hall–Kier alpha value is -1.61. The Morgan fingerprint density at radius 1 is 1.50 bits per heavy atom. The van der Waals surface area contributed by atoms with Crippen molar-refractivity contribution in [2.24, 2.45) is 10.7 Å². The van der Waals surface area contributed by atoms with E-state index in [0.717, 1.165) is 4.47 Å². The van der Waals surface area contributed by atoms with Gasteiger partial charge in [-0.05, 0) is 38.3 Å². The molecule has 0 bridgehead atoms. The fourth-order valence-corrected chi connectivity index (χ4v) is 2.28. The monoisotopic (exact) mass is 403 g/mol. The van der Waals surface area contributed by atoms with E-state index in [1.54, 1.807) is 12.3 Å². The summed E-state index contributed by atoms with van der Waals surface area (Å²) >= 11 is 6.58. The molecule has 1 aliphatic rings. The first-order chi connectivity index (χ1) is 9.49. The van der Waals surface area contributed by atoms with Crippen LogP contribution < -0.4 is 16.4 Å². The Kier molecular flexibility index (Phi) is 4.61. The number of hydrogen-bond acceptors (Lipinski definition) is 4. The number of aliphatic imine (C=N–C) groups is 1. The first-order valence-corrected chi connectivity index (χ1v) is 7.24. The maximum Gasteiger partial charge on any atom is 0.276 e. The van der Waals surface area contributed by atoms with Crippen molar-refractivity contribution < 1.29 is 9.59 Å². The van der Waals surface area contributed by atoms with Crippen LogP contribution in [0.4, 0.5) is 0 Å². The third-order valence-corrected chi connectivity index (χ3v) is 4.46. The standard InChI is InChI=1S/C11H11Br2N5O2/c12-5-4-16-8(7(5)13)10(20)15-3-1-2-6-9(19)18-11(14)17-6/h2,4,16H,1,3H2,(H,15,20)(H3,14,17,18,19)/b6-2+. The van der Waals surface area contributed by atoms with Crippen LogP contribution in [0.1, 0.15) is 16.9 Å². The van der Waals surface area contributed by atoms with Gasteiger partial charge in [0.1, 0.15) is 11.4 Å². The minimum Gasteiger partial charge on any atom is -0.369 e. The number of hydrogen-bond donors (Lipinski definition) is 4. The lowest BCUT2D eigenvalue weighted by Gasteiger charge is -2.02. The van der Waals surface area contributed by atoms with Gasteiger partial charge in [0.05, 0.1) is 8.95 Å². The second kappa shape index (κ2) is 6.23. The lowest BCUT2D eigenvalue weighted by molar-refractivity contribution is -0.115. The van der Waals surface area contributed by atoms with Gasteiger partial charge >= 0.3 is 0 Å². The predicted molar refractivity (Wildman–Crippen MR) is 81.0 cm³/mol. The van der Waals surface area contributed by atoms with Crippen LogP contribution >= 0.6 is 31.9 Å². The molecule has 0 aromatic carbocycles. The third kappa shape index (κ3) is 3.28. The quantitative estimate of drug-likeness (QED) is 0.443. The second-order valence-corrected chi connectivity index (χ2v) is 5.56. The molecule has 2 heterocycles. The summed E-state index contributed by atoms with van der Waals surface area (Å²) in [5.41, 5.74) is 6.06. The van der Waals surface area contributed by atoms with Crippen molar-refractivity contribution in [3.63, 3.8) is 0 Å². The van der Waals surface area contributed by atoms with Crippen molar-refractivity contribution in [1.29, 1.82) is 0 Å². The van der Waals surface area contributed by atoms with Crippen molar-refractivity contribution in [2.45, 2.75) is 6.42 Å². The fraction of sp³-hybridized carbons (Fsp3) is 0.182. The molecule has 7 nitrogen and oxygen atoms in total. The molecular formula is C11H11Br2N5O2. The summed E-state index contributed by atoms with van der Waals surface area (Å²) in [6.07, 6.45) is 3.77. The molecule has 0 aliphatic carbocycles. The average Bonchev–Trinajstić information content (AvgIpc) is 2.89. The van der Waals surface area contributed by atoms with Crippen LogP contribution in [-0.2, 0) is 4.79 Å². The van der Waals surface area contributed by atoms with Gasteiger partial charge in [0.15, 0.2) is 0 Å². The average molecular weight is 405 g/mol. The van der Waals surface area contributed by atoms with Crippen LogP contribution in [0.25, 0.3) is 0 Å². The fourth-order valence-electron chi connectivity index (χ4n) is 1.56. The zero-order valence-electron chi connectivity index (χ0n) is 10.2. The maximum atomic E-state index is 11.9. The van der Waals surface area contributed by atoms with Crippen molar-refractivity contribution in [1.82, 2.24) is 15.6 Å². The number of rotatable bonds is 4. The summed E-state index contributed by atoms with van der Waals surface area (Å²) < 4.78 is 1.44. The molecule has 0 atom stereocenters. The lowest BCUT2D eigenvalue weighted by atomic mass is 10.3. The normalized spacial score (nSPS) is 16.2. The molecule has 0 radical (unpaired) electrons. The molecule has 0 saturated carbocycles. The molecule has 2 rings (SSSR count). The summed E-state index contributed by atoms with van der Waals surface area (Å²) in [5, 5.41) is 5.10. The van der Waals surface area contributed by atoms with Crippen LogP contribution in [0.2, 0.25) is 0 Å². The Balaban J connectivity index is 1.85. The van der Waals surface area contributed by atoms with Gasteiger partial charge in [-0.3, -0.25) is 14.9 Å². The van der Waals surface area contributed by atoms with E-state index in [-0.39, 0.29) is 23.5 Å². The van der Waals surface area contributed by atoms with E-state index < -0.39 is 0 Å². The zero-order valence-corrected chi connectivity index (χ0v) is 13.3. The van der Waals surface area contributed by atoms with Gasteiger partial charge < -0.3 is 16.0 Å². The van der Waals surface area contributed by atoms with E-state index in [2.05, 4.69) is 52.5 Å². The highest BCUT2D eigenvalue weighted by Gasteiger charge is 2.17. The largest absolute Gasteiger partial charge is 0.369 e. The number of nitrogens with zero attached hydrogens (tertiary/aromatic N) is 1. The summed E-state index contributed by atoms with van der Waals surface area (Å²) in [6, 6.07) is 0. The Morgan fingerprint density at radius 2 is 2.25 bits per heavy atom. The molecule has 0 saturated heterocycles. The highest BCUT2D eigenvalue weighted by Crippen LogP contribution is 2.26. The highest BCUT2D eigenvalue weighted by molar-refractivity contribution is 9.13. The van der Waals surface area contributed by atoms with Crippen molar-refractivity contribution in [2.75, 3.05) is 6.54 Å². The highest BCUT2D eigenvalue weighted by atomic mass is 79.9. The Morgan fingerprint density at radius 3 is 2.80 bits per heavy atom. The second-order valence-electron chi connectivity index (χ2n) is 3.91. The molecule has 106 valence electrons. The van der Waals surface area contributed by atoms with Crippen molar-refractivity contribution in [3.05, 3.63) is 32.6 Å². The number of halogens is 2. The molecule has 5 N–H and O–H groups in total. The molecule has 20 heavy (non-hydrogen) atoms. The van der Waals surface area contributed by atoms with E-state index in [1.807, 2.05) is 0 Å². The number of aromatic amines is 1. The van der Waals surface area contributed by atoms with Gasteiger partial charge in [-0.1, -0.05) is 6.08 Å². The smallest absolute Gasteiger partial charge is 0.276 e. The number of carbonyl (C=O) groups is 2. The SMILES string of the molecule is NC1=N/C(=C/CCNC(=O)c2[nH]cc(Br)c2Br)C(=O)N1. The number of nitrogens with one attached hydrogen (secondary N) is 3. The summed E-state index contributed by atoms with van der Waals surface area (Å²) in [5.74, 6) is -0.477. The number of guanidine groups is 1. The van der Waals surface area contributed by atoms with Crippen LogP contribution in [0.5, 0.6) is 0 Å². The molecule has 1 aliphatic heterocycles. The Bertz CT molecular complexity index is 620. The summed E-state index contributed by atoms with van der Waals surface area (Å²) in [6.45, 7) is 0.383. The molecule has 0 spiro atoms. The van der Waals surface area contributed by atoms with E-state index in [4.69, 9.17) is 5.73 Å². The lowest BCUT2D eigenvalue weighted by Crippen LogP contribution is -2.30. The molecule has 1 aromatic heterocycles. The van der Waals surface area contributed by atoms with Gasteiger partial charge in [-0.25, -0.2) is 4.99 Å². The van der Waals surface area contributed by atoms with Gasteiger partial charge in [-0.2, -0.15) is 0 Å². The van der Waals surface area contributed by atoms with Crippen molar-refractivity contribution in [3.8, 4) is 0 Å². The van der Waals surface area contributed by atoms with Crippen molar-refractivity contribution >= 4 is 49.6 Å². The third-order valence-electron chi connectivity index (χ3n) is 2.48. The number of amides is 2. The van der Waals surface area contributed by atoms with Gasteiger partial charge in [0.25, 0.3) is 11.8 Å². The number of aromatic nitrogens is 1. The van der Waals surface area contributed by atoms with Crippen LogP contribution in [0.3, 0.4) is 0 Å². The molecule has 9 heteroatoms. The van der Waals surface area contributed by atoms with E-state index >= 15 is 0 Å². The topological polar surface area (TPSA) is 112 Å². The number of H-pyrrole nitrogens is 1. The van der Waals surface area contributed by atoms with Gasteiger partial charge in [-0.15, -0.1) is 0 Å². The molecule has 2 amide bonds. The zero-order chi connectivity index (χ0) is 14.7. The van der Waals surface area contributed by atoms with Gasteiger partial charge in [0.2, 0.25) is 5.96 Å². The van der Waals surface area contributed by atoms with E-state index in [0.29, 0.717) is 23.1 Å². The first kappa shape index (κ1) is 14.8. The minimum atomic E-state index is -0.329. The number of carbonyl (C=O) groups excluding carboxylic acids is 2.